The maximum absolute atomic E-state index is 12.0. The standard InChI is InChI=1S/C19H21N3O3/c1-5-11-21-22(4)18-13-15(10-12-20-18)25-17-9-7-8-16(14(17)3)19(23)24-6-2/h5,7-13H,1,6H2,2-4H3/b21-11-. The molecule has 1 aromatic heterocycles. The number of carbonyl (C=O) groups excluding carboxylic acids is 1. The SMILES string of the molecule is C=C/C=N\N(C)c1cc(Oc2cccc(C(=O)OCC)c2C)ccn1. The Bertz CT molecular complexity index is 787. The summed E-state index contributed by atoms with van der Waals surface area (Å²) in [5.41, 5.74) is 1.21. The van der Waals surface area contributed by atoms with Crippen LogP contribution in [-0.4, -0.2) is 30.8 Å². The van der Waals surface area contributed by atoms with Gasteiger partial charge in [-0.1, -0.05) is 12.6 Å². The Kier molecular flexibility index (Phi) is 6.28. The highest BCUT2D eigenvalue weighted by molar-refractivity contribution is 5.91. The number of nitrogens with zero attached hydrogens (tertiary/aromatic N) is 3. The normalized spacial score (nSPS) is 10.5. The molecular formula is C19H21N3O3. The highest BCUT2D eigenvalue weighted by Crippen LogP contribution is 2.29. The second-order valence-corrected chi connectivity index (χ2v) is 5.12. The molecule has 0 atom stereocenters. The third kappa shape index (κ3) is 4.67. The quantitative estimate of drug-likeness (QED) is 0.434. The molecule has 0 unspecified atom stereocenters. The second-order valence-electron chi connectivity index (χ2n) is 5.12. The molecule has 0 fully saturated rings. The number of esters is 1. The highest BCUT2D eigenvalue weighted by atomic mass is 16.5. The van der Waals surface area contributed by atoms with E-state index in [0.717, 1.165) is 5.56 Å². The smallest absolute Gasteiger partial charge is 0.338 e. The summed E-state index contributed by atoms with van der Waals surface area (Å²) >= 11 is 0. The molecule has 1 aromatic carbocycles. The van der Waals surface area contributed by atoms with E-state index in [-0.39, 0.29) is 5.97 Å². The number of rotatable bonds is 7. The van der Waals surface area contributed by atoms with Gasteiger partial charge in [0, 0.05) is 31.1 Å². The van der Waals surface area contributed by atoms with Crippen LogP contribution in [0.3, 0.4) is 0 Å². The molecule has 1 heterocycles. The van der Waals surface area contributed by atoms with Crippen LogP contribution in [0.1, 0.15) is 22.8 Å². The van der Waals surface area contributed by atoms with Crippen LogP contribution in [0.25, 0.3) is 0 Å². The van der Waals surface area contributed by atoms with Gasteiger partial charge < -0.3 is 9.47 Å². The molecule has 0 aliphatic heterocycles. The predicted octanol–water partition coefficient (Wildman–Crippen LogP) is 3.97. The number of aromatic nitrogens is 1. The number of allylic oxidation sites excluding steroid dienone is 1. The van der Waals surface area contributed by atoms with Crippen molar-refractivity contribution in [3.63, 3.8) is 0 Å². The summed E-state index contributed by atoms with van der Waals surface area (Å²) in [7, 11) is 1.78. The first kappa shape index (κ1) is 18.2. The lowest BCUT2D eigenvalue weighted by Gasteiger charge is -2.14. The average Bonchev–Trinajstić information content (AvgIpc) is 2.62. The first-order valence-corrected chi connectivity index (χ1v) is 7.86. The van der Waals surface area contributed by atoms with Gasteiger partial charge in [0.15, 0.2) is 5.82 Å². The molecule has 6 nitrogen and oxygen atoms in total. The molecule has 0 saturated heterocycles. The van der Waals surface area contributed by atoms with Crippen LogP contribution in [0, 0.1) is 6.92 Å². The van der Waals surface area contributed by atoms with Crippen molar-refractivity contribution in [3.8, 4) is 11.5 Å². The largest absolute Gasteiger partial charge is 0.462 e. The van der Waals surface area contributed by atoms with Crippen molar-refractivity contribution in [2.75, 3.05) is 18.7 Å². The number of benzene rings is 1. The number of pyridine rings is 1. The van der Waals surface area contributed by atoms with Gasteiger partial charge in [-0.15, -0.1) is 0 Å². The van der Waals surface area contributed by atoms with Crippen molar-refractivity contribution in [3.05, 3.63) is 60.3 Å². The number of hydrogen-bond acceptors (Lipinski definition) is 6. The molecule has 0 spiro atoms. The molecule has 0 aliphatic carbocycles. The first-order valence-electron chi connectivity index (χ1n) is 7.86. The van der Waals surface area contributed by atoms with Crippen LogP contribution >= 0.6 is 0 Å². The van der Waals surface area contributed by atoms with Gasteiger partial charge in [-0.2, -0.15) is 5.10 Å². The summed E-state index contributed by atoms with van der Waals surface area (Å²) in [5, 5.41) is 5.75. The summed E-state index contributed by atoms with van der Waals surface area (Å²) in [6.07, 6.45) is 4.79. The molecule has 0 amide bonds. The first-order chi connectivity index (χ1) is 12.1. The third-order valence-corrected chi connectivity index (χ3v) is 3.40. The van der Waals surface area contributed by atoms with Crippen molar-refractivity contribution >= 4 is 18.0 Å². The van der Waals surface area contributed by atoms with E-state index in [1.807, 2.05) is 6.92 Å². The van der Waals surface area contributed by atoms with Gasteiger partial charge >= 0.3 is 5.97 Å². The van der Waals surface area contributed by atoms with Gasteiger partial charge in [0.2, 0.25) is 0 Å². The van der Waals surface area contributed by atoms with Crippen molar-refractivity contribution in [1.29, 1.82) is 0 Å². The summed E-state index contributed by atoms with van der Waals surface area (Å²) in [6.45, 7) is 7.51. The van der Waals surface area contributed by atoms with Crippen LogP contribution in [-0.2, 0) is 4.74 Å². The van der Waals surface area contributed by atoms with Crippen molar-refractivity contribution < 1.29 is 14.3 Å². The topological polar surface area (TPSA) is 64.0 Å². The second kappa shape index (κ2) is 8.63. The minimum Gasteiger partial charge on any atom is -0.462 e. The number of anilines is 1. The lowest BCUT2D eigenvalue weighted by molar-refractivity contribution is 0.0525. The van der Waals surface area contributed by atoms with Crippen LogP contribution in [0.4, 0.5) is 5.82 Å². The van der Waals surface area contributed by atoms with E-state index in [0.29, 0.717) is 29.5 Å². The van der Waals surface area contributed by atoms with Gasteiger partial charge in [-0.3, -0.25) is 5.01 Å². The van der Waals surface area contributed by atoms with Gasteiger partial charge in [-0.25, -0.2) is 9.78 Å². The van der Waals surface area contributed by atoms with E-state index < -0.39 is 0 Å². The highest BCUT2D eigenvalue weighted by Gasteiger charge is 2.14. The van der Waals surface area contributed by atoms with E-state index in [4.69, 9.17) is 9.47 Å². The van der Waals surface area contributed by atoms with E-state index in [1.54, 1.807) is 67.8 Å². The van der Waals surface area contributed by atoms with E-state index in [1.165, 1.54) is 0 Å². The predicted molar refractivity (Wildman–Crippen MR) is 98.5 cm³/mol. The Morgan fingerprint density at radius 2 is 2.20 bits per heavy atom. The van der Waals surface area contributed by atoms with Crippen molar-refractivity contribution in [2.24, 2.45) is 5.10 Å². The molecule has 25 heavy (non-hydrogen) atoms. The molecule has 0 bridgehead atoms. The van der Waals surface area contributed by atoms with Gasteiger partial charge in [0.05, 0.1) is 12.2 Å². The minimum absolute atomic E-state index is 0.328. The molecule has 0 N–H and O–H groups in total. The monoisotopic (exact) mass is 339 g/mol. The number of hydrazone groups is 1. The number of carbonyl (C=O) groups is 1. The van der Waals surface area contributed by atoms with Gasteiger partial charge in [-0.05, 0) is 38.1 Å². The fraction of sp³-hybridized carbons (Fsp3) is 0.211. The Morgan fingerprint density at radius 1 is 1.40 bits per heavy atom. The molecule has 0 radical (unpaired) electrons. The fourth-order valence-electron chi connectivity index (χ4n) is 2.13. The Balaban J connectivity index is 2.25. The van der Waals surface area contributed by atoms with E-state index in [9.17, 15) is 4.79 Å². The summed E-state index contributed by atoms with van der Waals surface area (Å²) in [5.74, 6) is 1.43. The fourth-order valence-corrected chi connectivity index (χ4v) is 2.13. The summed E-state index contributed by atoms with van der Waals surface area (Å²) in [6, 6.07) is 8.78. The van der Waals surface area contributed by atoms with Crippen LogP contribution in [0.2, 0.25) is 0 Å². The molecule has 6 heteroatoms. The van der Waals surface area contributed by atoms with Crippen LogP contribution < -0.4 is 9.75 Å². The Morgan fingerprint density at radius 3 is 2.92 bits per heavy atom. The van der Waals surface area contributed by atoms with E-state index in [2.05, 4.69) is 16.7 Å². The summed E-state index contributed by atoms with van der Waals surface area (Å²) in [4.78, 5) is 16.2. The molecule has 2 rings (SSSR count). The maximum Gasteiger partial charge on any atom is 0.338 e. The lowest BCUT2D eigenvalue weighted by Crippen LogP contribution is -2.10. The zero-order chi connectivity index (χ0) is 18.2. The zero-order valence-corrected chi connectivity index (χ0v) is 14.6. The Hall–Kier alpha value is -3.15. The van der Waals surface area contributed by atoms with Gasteiger partial charge in [0.1, 0.15) is 11.5 Å². The molecule has 0 aliphatic rings. The number of hydrogen-bond donors (Lipinski definition) is 0. The Labute approximate surface area is 147 Å². The molecule has 2 aromatic rings. The third-order valence-electron chi connectivity index (χ3n) is 3.40. The van der Waals surface area contributed by atoms with E-state index >= 15 is 0 Å². The average molecular weight is 339 g/mol. The van der Waals surface area contributed by atoms with Crippen molar-refractivity contribution in [1.82, 2.24) is 4.98 Å². The number of ether oxygens (including phenoxy) is 2. The summed E-state index contributed by atoms with van der Waals surface area (Å²) < 4.78 is 11.0. The minimum atomic E-state index is -0.362. The van der Waals surface area contributed by atoms with Crippen molar-refractivity contribution in [2.45, 2.75) is 13.8 Å². The van der Waals surface area contributed by atoms with Gasteiger partial charge in [0.25, 0.3) is 0 Å². The maximum atomic E-state index is 12.0. The van der Waals surface area contributed by atoms with Crippen LogP contribution in [0.15, 0.2) is 54.3 Å². The molecule has 0 saturated carbocycles. The zero-order valence-electron chi connectivity index (χ0n) is 14.6. The van der Waals surface area contributed by atoms with Crippen LogP contribution in [0.5, 0.6) is 11.5 Å². The molecule has 130 valence electrons. The lowest BCUT2D eigenvalue weighted by atomic mass is 10.1. The molecular weight excluding hydrogens is 318 g/mol.